The Morgan fingerprint density at radius 3 is 2.73 bits per heavy atom. The zero-order valence-corrected chi connectivity index (χ0v) is 8.46. The van der Waals surface area contributed by atoms with Gasteiger partial charge in [-0.25, -0.2) is 0 Å². The Hall–Kier alpha value is -1.04. The van der Waals surface area contributed by atoms with Gasteiger partial charge < -0.3 is 5.32 Å². The van der Waals surface area contributed by atoms with Gasteiger partial charge in [0.1, 0.15) is 0 Å². The highest BCUT2D eigenvalue weighted by atomic mass is 19.4. The van der Waals surface area contributed by atoms with Crippen LogP contribution in [0.15, 0.2) is 18.5 Å². The van der Waals surface area contributed by atoms with E-state index < -0.39 is 12.6 Å². The molecule has 15 heavy (non-hydrogen) atoms. The van der Waals surface area contributed by atoms with Gasteiger partial charge in [-0.05, 0) is 13.0 Å². The van der Waals surface area contributed by atoms with Crippen molar-refractivity contribution >= 4 is 0 Å². The van der Waals surface area contributed by atoms with Gasteiger partial charge in [0.25, 0.3) is 0 Å². The molecular formula is C9H14F3N3. The minimum absolute atomic E-state index is 0.0211. The quantitative estimate of drug-likeness (QED) is 0.821. The van der Waals surface area contributed by atoms with E-state index in [9.17, 15) is 13.2 Å². The maximum absolute atomic E-state index is 11.8. The van der Waals surface area contributed by atoms with Gasteiger partial charge in [-0.2, -0.15) is 18.3 Å². The van der Waals surface area contributed by atoms with E-state index in [-0.39, 0.29) is 12.6 Å². The lowest BCUT2D eigenvalue weighted by Gasteiger charge is -2.14. The average Bonchev–Trinajstić information content (AvgIpc) is 2.54. The number of alkyl halides is 3. The monoisotopic (exact) mass is 221 g/mol. The summed E-state index contributed by atoms with van der Waals surface area (Å²) in [7, 11) is 0. The third kappa shape index (κ3) is 5.41. The fraction of sp³-hybridized carbons (Fsp3) is 0.667. The molecule has 0 amide bonds. The van der Waals surface area contributed by atoms with Crippen LogP contribution in [-0.2, 0) is 6.54 Å². The Kier molecular flexibility index (Phi) is 4.14. The summed E-state index contributed by atoms with van der Waals surface area (Å²) in [5.74, 6) is 0. The first-order chi connectivity index (χ1) is 6.97. The molecule has 0 saturated carbocycles. The van der Waals surface area contributed by atoms with E-state index in [0.717, 1.165) is 0 Å². The van der Waals surface area contributed by atoms with Crippen molar-refractivity contribution in [2.75, 3.05) is 6.54 Å². The first kappa shape index (κ1) is 12.0. The Morgan fingerprint density at radius 1 is 1.47 bits per heavy atom. The van der Waals surface area contributed by atoms with E-state index in [0.29, 0.717) is 6.54 Å². The Morgan fingerprint density at radius 2 is 2.20 bits per heavy atom. The lowest BCUT2D eigenvalue weighted by molar-refractivity contribution is -0.133. The predicted molar refractivity (Wildman–Crippen MR) is 50.4 cm³/mol. The first-order valence-corrected chi connectivity index (χ1v) is 4.75. The molecule has 6 heteroatoms. The molecule has 86 valence electrons. The largest absolute Gasteiger partial charge is 0.390 e. The van der Waals surface area contributed by atoms with Crippen molar-refractivity contribution in [2.24, 2.45) is 0 Å². The van der Waals surface area contributed by atoms with E-state index in [1.165, 1.54) is 0 Å². The molecular weight excluding hydrogens is 207 g/mol. The molecule has 0 radical (unpaired) electrons. The summed E-state index contributed by atoms with van der Waals surface area (Å²) in [4.78, 5) is 0. The SMILES string of the molecule is CC(Cn1cccn1)NCCC(F)(F)F. The van der Waals surface area contributed by atoms with Gasteiger partial charge in [-0.3, -0.25) is 4.68 Å². The molecule has 0 bridgehead atoms. The molecule has 0 spiro atoms. The molecule has 3 nitrogen and oxygen atoms in total. The van der Waals surface area contributed by atoms with Crippen LogP contribution in [0.3, 0.4) is 0 Å². The Labute approximate surface area is 86.3 Å². The zero-order chi connectivity index (χ0) is 11.3. The highest BCUT2D eigenvalue weighted by Crippen LogP contribution is 2.18. The number of hydrogen-bond acceptors (Lipinski definition) is 2. The molecule has 0 aliphatic carbocycles. The molecule has 0 aromatic carbocycles. The summed E-state index contributed by atoms with van der Waals surface area (Å²) in [5, 5.41) is 6.76. The van der Waals surface area contributed by atoms with E-state index in [2.05, 4.69) is 10.4 Å². The fourth-order valence-electron chi connectivity index (χ4n) is 1.21. The van der Waals surface area contributed by atoms with Gasteiger partial charge in [0.15, 0.2) is 0 Å². The number of halogens is 3. The summed E-state index contributed by atoms with van der Waals surface area (Å²) in [5.41, 5.74) is 0. The van der Waals surface area contributed by atoms with Crippen molar-refractivity contribution < 1.29 is 13.2 Å². The Bertz CT molecular complexity index is 269. The van der Waals surface area contributed by atoms with Crippen LogP contribution in [0.1, 0.15) is 13.3 Å². The van der Waals surface area contributed by atoms with E-state index >= 15 is 0 Å². The average molecular weight is 221 g/mol. The van der Waals surface area contributed by atoms with Gasteiger partial charge in [0, 0.05) is 25.0 Å². The van der Waals surface area contributed by atoms with Gasteiger partial charge in [0.2, 0.25) is 0 Å². The predicted octanol–water partition coefficient (Wildman–Crippen LogP) is 1.81. The molecule has 0 aliphatic heterocycles. The van der Waals surface area contributed by atoms with Crippen LogP contribution < -0.4 is 5.32 Å². The lowest BCUT2D eigenvalue weighted by atomic mass is 10.3. The summed E-state index contributed by atoms with van der Waals surface area (Å²) in [6.07, 6.45) is -1.46. The molecule has 0 saturated heterocycles. The number of aromatic nitrogens is 2. The number of nitrogens with one attached hydrogen (secondary N) is 1. The molecule has 1 heterocycles. The van der Waals surface area contributed by atoms with Crippen molar-refractivity contribution in [2.45, 2.75) is 32.1 Å². The highest BCUT2D eigenvalue weighted by molar-refractivity contribution is 4.79. The first-order valence-electron chi connectivity index (χ1n) is 4.75. The summed E-state index contributed by atoms with van der Waals surface area (Å²) in [6, 6.07) is 1.76. The normalized spacial score (nSPS) is 14.1. The second-order valence-corrected chi connectivity index (χ2v) is 3.45. The third-order valence-electron chi connectivity index (χ3n) is 1.92. The second-order valence-electron chi connectivity index (χ2n) is 3.45. The smallest absolute Gasteiger partial charge is 0.312 e. The van der Waals surface area contributed by atoms with Crippen LogP contribution in [0.25, 0.3) is 0 Å². The van der Waals surface area contributed by atoms with E-state index in [4.69, 9.17) is 0 Å². The van der Waals surface area contributed by atoms with Crippen LogP contribution in [-0.4, -0.2) is 28.5 Å². The molecule has 1 unspecified atom stereocenters. The maximum atomic E-state index is 11.8. The standard InChI is InChI=1S/C9H14F3N3/c1-8(7-15-6-2-4-14-15)13-5-3-9(10,11)12/h2,4,6,8,13H,3,5,7H2,1H3. The van der Waals surface area contributed by atoms with Crippen LogP contribution >= 0.6 is 0 Å². The van der Waals surface area contributed by atoms with Gasteiger partial charge in [-0.1, -0.05) is 0 Å². The van der Waals surface area contributed by atoms with Gasteiger partial charge in [0.05, 0.1) is 13.0 Å². The molecule has 0 fully saturated rings. The third-order valence-corrected chi connectivity index (χ3v) is 1.92. The van der Waals surface area contributed by atoms with Gasteiger partial charge >= 0.3 is 6.18 Å². The minimum atomic E-state index is -4.08. The second kappa shape index (κ2) is 5.16. The van der Waals surface area contributed by atoms with Crippen LogP contribution in [0.5, 0.6) is 0 Å². The molecule has 1 N–H and O–H groups in total. The van der Waals surface area contributed by atoms with E-state index in [1.807, 2.05) is 6.92 Å². The highest BCUT2D eigenvalue weighted by Gasteiger charge is 2.26. The zero-order valence-electron chi connectivity index (χ0n) is 8.46. The Balaban J connectivity index is 2.17. The van der Waals surface area contributed by atoms with Crippen LogP contribution in [0, 0.1) is 0 Å². The molecule has 0 aliphatic rings. The van der Waals surface area contributed by atoms with Crippen molar-refractivity contribution in [3.63, 3.8) is 0 Å². The molecule has 1 atom stereocenters. The van der Waals surface area contributed by atoms with Gasteiger partial charge in [-0.15, -0.1) is 0 Å². The summed E-state index contributed by atoms with van der Waals surface area (Å²) in [6.45, 7) is 2.36. The summed E-state index contributed by atoms with van der Waals surface area (Å²) < 4.78 is 37.2. The van der Waals surface area contributed by atoms with Crippen molar-refractivity contribution in [3.05, 3.63) is 18.5 Å². The fourth-order valence-corrected chi connectivity index (χ4v) is 1.21. The van der Waals surface area contributed by atoms with Crippen LogP contribution in [0.2, 0.25) is 0 Å². The molecule has 1 rings (SSSR count). The van der Waals surface area contributed by atoms with Crippen molar-refractivity contribution in [1.29, 1.82) is 0 Å². The van der Waals surface area contributed by atoms with Crippen molar-refractivity contribution in [3.8, 4) is 0 Å². The van der Waals surface area contributed by atoms with Crippen LogP contribution in [0.4, 0.5) is 13.2 Å². The topological polar surface area (TPSA) is 29.9 Å². The number of rotatable bonds is 5. The number of hydrogen-bond donors (Lipinski definition) is 1. The molecule has 1 aromatic rings. The minimum Gasteiger partial charge on any atom is -0.312 e. The van der Waals surface area contributed by atoms with Crippen molar-refractivity contribution in [1.82, 2.24) is 15.1 Å². The lowest BCUT2D eigenvalue weighted by Crippen LogP contribution is -2.33. The number of nitrogens with zero attached hydrogens (tertiary/aromatic N) is 2. The summed E-state index contributed by atoms with van der Waals surface area (Å²) >= 11 is 0. The maximum Gasteiger partial charge on any atom is 0.390 e. The van der Waals surface area contributed by atoms with E-state index in [1.54, 1.807) is 23.1 Å². The molecule has 1 aromatic heterocycles.